The van der Waals surface area contributed by atoms with Gasteiger partial charge < -0.3 is 15.5 Å². The van der Waals surface area contributed by atoms with Crippen LogP contribution >= 0.6 is 0 Å². The molecule has 110 valence electrons. The highest BCUT2D eigenvalue weighted by Crippen LogP contribution is 2.27. The summed E-state index contributed by atoms with van der Waals surface area (Å²) in [5.74, 6) is 0.169. The van der Waals surface area contributed by atoms with Crippen molar-refractivity contribution in [3.63, 3.8) is 0 Å². The van der Waals surface area contributed by atoms with Crippen LogP contribution in [0.4, 0.5) is 5.69 Å². The zero-order chi connectivity index (χ0) is 14.2. The van der Waals surface area contributed by atoms with Gasteiger partial charge in [0.25, 0.3) is 0 Å². The fraction of sp³-hybridized carbons (Fsp3) is 0.562. The van der Waals surface area contributed by atoms with Gasteiger partial charge in [0, 0.05) is 31.7 Å². The van der Waals surface area contributed by atoms with E-state index in [1.54, 1.807) is 0 Å². The van der Waals surface area contributed by atoms with E-state index in [9.17, 15) is 4.79 Å². The topological polar surface area (TPSA) is 44.4 Å². The number of hydrogen-bond donors (Lipinski definition) is 2. The molecule has 0 aromatic heterocycles. The highest BCUT2D eigenvalue weighted by atomic mass is 16.1. The molecule has 1 aliphatic rings. The lowest BCUT2D eigenvalue weighted by molar-refractivity contribution is -0.121. The zero-order valence-electron chi connectivity index (χ0n) is 12.3. The van der Waals surface area contributed by atoms with Crippen LogP contribution in [-0.2, 0) is 11.2 Å². The maximum absolute atomic E-state index is 11.6. The molecule has 0 bridgehead atoms. The quantitative estimate of drug-likeness (QED) is 0.708. The Morgan fingerprint density at radius 3 is 2.95 bits per heavy atom. The molecule has 0 saturated carbocycles. The highest BCUT2D eigenvalue weighted by Gasteiger charge is 2.17. The Morgan fingerprint density at radius 1 is 1.25 bits per heavy atom. The van der Waals surface area contributed by atoms with E-state index in [1.807, 2.05) is 7.05 Å². The van der Waals surface area contributed by atoms with Gasteiger partial charge in [-0.25, -0.2) is 0 Å². The molecular formula is C16H25N3O. The third-order valence-electron chi connectivity index (χ3n) is 3.74. The number of nitrogens with zero attached hydrogens (tertiary/aromatic N) is 1. The van der Waals surface area contributed by atoms with E-state index in [0.29, 0.717) is 6.42 Å². The maximum atomic E-state index is 11.6. The molecule has 4 nitrogen and oxygen atoms in total. The largest absolute Gasteiger partial charge is 0.371 e. The van der Waals surface area contributed by atoms with Crippen LogP contribution in [0.15, 0.2) is 24.3 Å². The molecule has 2 rings (SSSR count). The average Bonchev–Trinajstić information content (AvgIpc) is 2.87. The third kappa shape index (κ3) is 4.23. The van der Waals surface area contributed by atoms with E-state index in [1.165, 1.54) is 11.3 Å². The van der Waals surface area contributed by atoms with Crippen LogP contribution in [0.3, 0.4) is 0 Å². The van der Waals surface area contributed by atoms with Crippen LogP contribution in [0.1, 0.15) is 24.8 Å². The predicted octanol–water partition coefficient (Wildman–Crippen LogP) is 1.56. The summed E-state index contributed by atoms with van der Waals surface area (Å²) in [5.41, 5.74) is 2.82. The predicted molar refractivity (Wildman–Crippen MR) is 83.1 cm³/mol. The monoisotopic (exact) mass is 275 g/mol. The van der Waals surface area contributed by atoms with Gasteiger partial charge >= 0.3 is 0 Å². The van der Waals surface area contributed by atoms with Crippen LogP contribution < -0.4 is 15.5 Å². The van der Waals surface area contributed by atoms with E-state index in [2.05, 4.69) is 39.8 Å². The lowest BCUT2D eigenvalue weighted by Crippen LogP contribution is -2.29. The Labute approximate surface area is 121 Å². The number of anilines is 1. The normalized spacial score (nSPS) is 13.3. The molecule has 0 atom stereocenters. The van der Waals surface area contributed by atoms with Crippen molar-refractivity contribution in [3.05, 3.63) is 29.8 Å². The molecule has 1 aromatic carbocycles. The fourth-order valence-electron chi connectivity index (χ4n) is 2.65. The Morgan fingerprint density at radius 2 is 2.10 bits per heavy atom. The van der Waals surface area contributed by atoms with E-state index < -0.39 is 0 Å². The smallest absolute Gasteiger partial charge is 0.220 e. The van der Waals surface area contributed by atoms with Crippen LogP contribution in [0.2, 0.25) is 0 Å². The van der Waals surface area contributed by atoms with Crippen LogP contribution in [0.25, 0.3) is 0 Å². The molecule has 1 heterocycles. The van der Waals surface area contributed by atoms with Crippen molar-refractivity contribution >= 4 is 11.6 Å². The second-order valence-corrected chi connectivity index (χ2v) is 5.28. The molecule has 2 N–H and O–H groups in total. The molecule has 20 heavy (non-hydrogen) atoms. The first-order valence-electron chi connectivity index (χ1n) is 7.55. The van der Waals surface area contributed by atoms with Crippen molar-refractivity contribution in [3.8, 4) is 0 Å². The number of carbonyl (C=O) groups is 1. The molecule has 0 spiro atoms. The SMILES string of the molecule is CNCCCC(=O)NCCCN1CCc2ccccc21. The molecule has 1 aromatic rings. The maximum Gasteiger partial charge on any atom is 0.220 e. The van der Waals surface area contributed by atoms with Crippen molar-refractivity contribution in [2.75, 3.05) is 38.1 Å². The molecule has 1 amide bonds. The van der Waals surface area contributed by atoms with Crippen molar-refractivity contribution < 1.29 is 4.79 Å². The molecule has 0 fully saturated rings. The van der Waals surface area contributed by atoms with Crippen LogP contribution in [0, 0.1) is 0 Å². The van der Waals surface area contributed by atoms with Crippen LogP contribution in [-0.4, -0.2) is 39.1 Å². The molecule has 0 aliphatic carbocycles. The number of amides is 1. The first kappa shape index (κ1) is 14.9. The minimum atomic E-state index is 0.169. The van der Waals surface area contributed by atoms with E-state index in [0.717, 1.165) is 45.4 Å². The number of rotatable bonds is 8. The lowest BCUT2D eigenvalue weighted by atomic mass is 10.2. The summed E-state index contributed by atoms with van der Waals surface area (Å²) in [6, 6.07) is 8.60. The summed E-state index contributed by atoms with van der Waals surface area (Å²) < 4.78 is 0. The van der Waals surface area contributed by atoms with Gasteiger partial charge in [-0.15, -0.1) is 0 Å². The number of carbonyl (C=O) groups excluding carboxylic acids is 1. The number of benzene rings is 1. The molecule has 1 aliphatic heterocycles. The Kier molecular flexibility index (Phi) is 5.87. The Hall–Kier alpha value is -1.55. The Balaban J connectivity index is 1.61. The van der Waals surface area contributed by atoms with Crippen LogP contribution in [0.5, 0.6) is 0 Å². The second-order valence-electron chi connectivity index (χ2n) is 5.28. The first-order valence-corrected chi connectivity index (χ1v) is 7.55. The number of para-hydroxylation sites is 1. The molecule has 4 heteroatoms. The van der Waals surface area contributed by atoms with Gasteiger partial charge in [-0.2, -0.15) is 0 Å². The Bertz CT molecular complexity index is 433. The number of hydrogen-bond acceptors (Lipinski definition) is 3. The van der Waals surface area contributed by atoms with Gasteiger partial charge in [-0.05, 0) is 44.5 Å². The van der Waals surface area contributed by atoms with Gasteiger partial charge in [0.15, 0.2) is 0 Å². The van der Waals surface area contributed by atoms with E-state index in [-0.39, 0.29) is 5.91 Å². The number of nitrogens with one attached hydrogen (secondary N) is 2. The summed E-state index contributed by atoms with van der Waals surface area (Å²) in [6.07, 6.45) is 3.67. The molecule has 0 radical (unpaired) electrons. The summed E-state index contributed by atoms with van der Waals surface area (Å²) in [6.45, 7) is 3.80. The average molecular weight is 275 g/mol. The van der Waals surface area contributed by atoms with Gasteiger partial charge in [0.05, 0.1) is 0 Å². The summed E-state index contributed by atoms with van der Waals surface area (Å²) in [5, 5.41) is 6.05. The standard InChI is InChI=1S/C16H25N3O/c1-17-10-4-8-16(20)18-11-5-12-19-13-9-14-6-2-3-7-15(14)19/h2-3,6-7,17H,4-5,8-13H2,1H3,(H,18,20). The van der Waals surface area contributed by atoms with Gasteiger partial charge in [0.2, 0.25) is 5.91 Å². The zero-order valence-corrected chi connectivity index (χ0v) is 12.3. The first-order chi connectivity index (χ1) is 9.81. The highest BCUT2D eigenvalue weighted by molar-refractivity contribution is 5.75. The molecule has 0 unspecified atom stereocenters. The second kappa shape index (κ2) is 7.90. The summed E-state index contributed by atoms with van der Waals surface area (Å²) in [7, 11) is 1.91. The summed E-state index contributed by atoms with van der Waals surface area (Å²) >= 11 is 0. The van der Waals surface area contributed by atoms with Gasteiger partial charge in [-0.1, -0.05) is 18.2 Å². The minimum Gasteiger partial charge on any atom is -0.371 e. The van der Waals surface area contributed by atoms with Crippen molar-refractivity contribution in [1.82, 2.24) is 10.6 Å². The van der Waals surface area contributed by atoms with E-state index >= 15 is 0 Å². The third-order valence-corrected chi connectivity index (χ3v) is 3.74. The van der Waals surface area contributed by atoms with Gasteiger partial charge in [-0.3, -0.25) is 4.79 Å². The van der Waals surface area contributed by atoms with Crippen molar-refractivity contribution in [2.45, 2.75) is 25.7 Å². The minimum absolute atomic E-state index is 0.169. The van der Waals surface area contributed by atoms with E-state index in [4.69, 9.17) is 0 Å². The summed E-state index contributed by atoms with van der Waals surface area (Å²) in [4.78, 5) is 14.0. The van der Waals surface area contributed by atoms with Gasteiger partial charge in [0.1, 0.15) is 0 Å². The lowest BCUT2D eigenvalue weighted by Gasteiger charge is -2.19. The molecular weight excluding hydrogens is 250 g/mol. The van der Waals surface area contributed by atoms with Crippen molar-refractivity contribution in [1.29, 1.82) is 0 Å². The fourth-order valence-corrected chi connectivity index (χ4v) is 2.65. The van der Waals surface area contributed by atoms with Crippen molar-refractivity contribution in [2.24, 2.45) is 0 Å². The number of fused-ring (bicyclic) bond motifs is 1. The molecule has 0 saturated heterocycles.